The maximum absolute atomic E-state index is 10.4. The maximum Gasteiger partial charge on any atom is 0.162 e. The molecule has 2 aromatic rings. The molecule has 1 atom stereocenters. The fourth-order valence-electron chi connectivity index (χ4n) is 3.94. The molecule has 2 aromatic carbocycles. The number of phenolic OH excluding ortho intramolecular Hbond substituents is 1. The number of fused-ring (bicyclic) bond motifs is 4. The molecule has 4 heteroatoms. The minimum atomic E-state index is 0.0954. The smallest absolute Gasteiger partial charge is 0.162 e. The van der Waals surface area contributed by atoms with Crippen molar-refractivity contribution in [3.8, 4) is 11.5 Å². The molecule has 0 saturated carbocycles. The first kappa shape index (κ1) is 14.5. The standard InChI is InChI=1S/C19H21NO3/c1-23-18-5-3-13-9-17-15-4-2-12(11-21)8-14(15)6-7-20(17)10-16(13)19(18)22/h2-5,8,17,21-22H,6-7,9-11H2,1H3/t17-/m0/s1. The Morgan fingerprint density at radius 2 is 2.09 bits per heavy atom. The van der Waals surface area contributed by atoms with Crippen molar-refractivity contribution in [2.24, 2.45) is 0 Å². The number of aromatic hydroxyl groups is 1. The van der Waals surface area contributed by atoms with Gasteiger partial charge in [-0.2, -0.15) is 0 Å². The highest BCUT2D eigenvalue weighted by atomic mass is 16.5. The van der Waals surface area contributed by atoms with Crippen molar-refractivity contribution in [3.05, 3.63) is 58.1 Å². The molecule has 0 aliphatic carbocycles. The number of hydrogen-bond donors (Lipinski definition) is 2. The summed E-state index contributed by atoms with van der Waals surface area (Å²) >= 11 is 0. The molecule has 2 heterocycles. The minimum Gasteiger partial charge on any atom is -0.504 e. The molecule has 0 fully saturated rings. The van der Waals surface area contributed by atoms with Crippen molar-refractivity contribution in [2.75, 3.05) is 13.7 Å². The largest absolute Gasteiger partial charge is 0.504 e. The fraction of sp³-hybridized carbons (Fsp3) is 0.368. The van der Waals surface area contributed by atoms with E-state index in [1.165, 1.54) is 16.7 Å². The first-order chi connectivity index (χ1) is 11.2. The molecule has 0 unspecified atom stereocenters. The molecule has 4 nitrogen and oxygen atoms in total. The highest BCUT2D eigenvalue weighted by molar-refractivity contribution is 5.52. The highest BCUT2D eigenvalue weighted by Gasteiger charge is 2.33. The van der Waals surface area contributed by atoms with Gasteiger partial charge in [0.1, 0.15) is 0 Å². The van der Waals surface area contributed by atoms with Gasteiger partial charge in [0, 0.05) is 24.7 Å². The van der Waals surface area contributed by atoms with Crippen LogP contribution in [0.3, 0.4) is 0 Å². The third kappa shape index (κ3) is 2.30. The summed E-state index contributed by atoms with van der Waals surface area (Å²) in [6.07, 6.45) is 1.89. The first-order valence-electron chi connectivity index (χ1n) is 8.05. The van der Waals surface area contributed by atoms with Crippen molar-refractivity contribution in [2.45, 2.75) is 32.0 Å². The van der Waals surface area contributed by atoms with Crippen LogP contribution in [0, 0.1) is 0 Å². The summed E-state index contributed by atoms with van der Waals surface area (Å²) in [6, 6.07) is 10.6. The third-order valence-corrected chi connectivity index (χ3v) is 5.20. The van der Waals surface area contributed by atoms with Crippen LogP contribution in [0.5, 0.6) is 11.5 Å². The number of ether oxygens (including phenoxy) is 1. The second kappa shape index (κ2) is 5.55. The maximum atomic E-state index is 10.4. The average Bonchev–Trinajstić information content (AvgIpc) is 2.60. The monoisotopic (exact) mass is 311 g/mol. The average molecular weight is 311 g/mol. The molecule has 2 aliphatic heterocycles. The second-order valence-electron chi connectivity index (χ2n) is 6.39. The Bertz CT molecular complexity index is 757. The SMILES string of the molecule is COc1ccc2c(c1O)CN1CCc3cc(CO)ccc3[C@@H]1C2. The van der Waals surface area contributed by atoms with Gasteiger partial charge in [-0.1, -0.05) is 24.3 Å². The van der Waals surface area contributed by atoms with E-state index in [9.17, 15) is 10.2 Å². The van der Waals surface area contributed by atoms with E-state index in [2.05, 4.69) is 23.1 Å². The Kier molecular flexibility index (Phi) is 3.51. The van der Waals surface area contributed by atoms with Crippen LogP contribution in [0.15, 0.2) is 30.3 Å². The first-order valence-corrected chi connectivity index (χ1v) is 8.05. The summed E-state index contributed by atoms with van der Waals surface area (Å²) in [7, 11) is 1.59. The lowest BCUT2D eigenvalue weighted by molar-refractivity contribution is 0.158. The quantitative estimate of drug-likeness (QED) is 0.895. The molecule has 0 spiro atoms. The molecular formula is C19H21NO3. The number of aliphatic hydroxyl groups is 1. The van der Waals surface area contributed by atoms with E-state index >= 15 is 0 Å². The van der Waals surface area contributed by atoms with Gasteiger partial charge in [-0.15, -0.1) is 0 Å². The van der Waals surface area contributed by atoms with Crippen LogP contribution < -0.4 is 4.74 Å². The lowest BCUT2D eigenvalue weighted by Crippen LogP contribution is -2.39. The summed E-state index contributed by atoms with van der Waals surface area (Å²) in [4.78, 5) is 2.43. The summed E-state index contributed by atoms with van der Waals surface area (Å²) in [5.41, 5.74) is 5.88. The summed E-state index contributed by atoms with van der Waals surface area (Å²) < 4.78 is 5.24. The van der Waals surface area contributed by atoms with Crippen LogP contribution >= 0.6 is 0 Å². The van der Waals surface area contributed by atoms with Gasteiger partial charge in [-0.05, 0) is 41.2 Å². The molecule has 0 amide bonds. The summed E-state index contributed by atoms with van der Waals surface area (Å²) in [6.45, 7) is 1.82. The van der Waals surface area contributed by atoms with Gasteiger partial charge in [0.2, 0.25) is 0 Å². The minimum absolute atomic E-state index is 0.0954. The van der Waals surface area contributed by atoms with Gasteiger partial charge in [-0.3, -0.25) is 4.90 Å². The molecule has 0 aromatic heterocycles. The molecule has 2 N–H and O–H groups in total. The van der Waals surface area contributed by atoms with Crippen LogP contribution in [-0.2, 0) is 26.0 Å². The zero-order valence-electron chi connectivity index (χ0n) is 13.2. The van der Waals surface area contributed by atoms with Crippen LogP contribution in [0.2, 0.25) is 0 Å². The topological polar surface area (TPSA) is 52.9 Å². The van der Waals surface area contributed by atoms with Crippen molar-refractivity contribution >= 4 is 0 Å². The van der Waals surface area contributed by atoms with E-state index in [-0.39, 0.29) is 12.4 Å². The molecule has 0 saturated heterocycles. The molecule has 0 radical (unpaired) electrons. The Labute approximate surface area is 135 Å². The lowest BCUT2D eigenvalue weighted by Gasteiger charge is -2.41. The van der Waals surface area contributed by atoms with Gasteiger partial charge in [-0.25, -0.2) is 0 Å². The number of aliphatic hydroxyl groups excluding tert-OH is 1. The molecule has 120 valence electrons. The van der Waals surface area contributed by atoms with Crippen LogP contribution in [0.4, 0.5) is 0 Å². The Morgan fingerprint density at radius 3 is 2.87 bits per heavy atom. The van der Waals surface area contributed by atoms with E-state index in [1.807, 2.05) is 12.1 Å². The zero-order valence-corrected chi connectivity index (χ0v) is 13.2. The Morgan fingerprint density at radius 1 is 1.22 bits per heavy atom. The second-order valence-corrected chi connectivity index (χ2v) is 6.39. The third-order valence-electron chi connectivity index (χ3n) is 5.20. The Hall–Kier alpha value is -2.04. The number of phenols is 1. The highest BCUT2D eigenvalue weighted by Crippen LogP contribution is 2.43. The summed E-state index contributed by atoms with van der Waals surface area (Å²) in [5.74, 6) is 0.831. The predicted molar refractivity (Wildman–Crippen MR) is 87.6 cm³/mol. The Balaban J connectivity index is 1.73. The van der Waals surface area contributed by atoms with Crippen molar-refractivity contribution < 1.29 is 14.9 Å². The van der Waals surface area contributed by atoms with Gasteiger partial charge in [0.05, 0.1) is 13.7 Å². The van der Waals surface area contributed by atoms with E-state index in [4.69, 9.17) is 4.74 Å². The van der Waals surface area contributed by atoms with Crippen molar-refractivity contribution in [3.63, 3.8) is 0 Å². The van der Waals surface area contributed by atoms with Crippen LogP contribution in [0.1, 0.15) is 33.9 Å². The van der Waals surface area contributed by atoms with Gasteiger partial charge < -0.3 is 14.9 Å². The number of benzene rings is 2. The molecule has 0 bridgehead atoms. The number of hydrogen-bond acceptors (Lipinski definition) is 4. The summed E-state index contributed by atoms with van der Waals surface area (Å²) in [5, 5.41) is 19.7. The molecule has 4 rings (SSSR count). The van der Waals surface area contributed by atoms with Crippen LogP contribution in [0.25, 0.3) is 0 Å². The number of methoxy groups -OCH3 is 1. The fourth-order valence-corrected chi connectivity index (χ4v) is 3.94. The van der Waals surface area contributed by atoms with Gasteiger partial charge in [0.25, 0.3) is 0 Å². The van der Waals surface area contributed by atoms with E-state index in [1.54, 1.807) is 7.11 Å². The van der Waals surface area contributed by atoms with E-state index in [0.29, 0.717) is 11.8 Å². The molecular weight excluding hydrogens is 290 g/mol. The normalized spacial score (nSPS) is 19.7. The van der Waals surface area contributed by atoms with Crippen molar-refractivity contribution in [1.29, 1.82) is 0 Å². The van der Waals surface area contributed by atoms with Gasteiger partial charge >= 0.3 is 0 Å². The number of nitrogens with zero attached hydrogens (tertiary/aromatic N) is 1. The predicted octanol–water partition coefficient (Wildman–Crippen LogP) is 2.55. The van der Waals surface area contributed by atoms with Crippen LogP contribution in [-0.4, -0.2) is 28.8 Å². The lowest BCUT2D eigenvalue weighted by atomic mass is 9.83. The molecule has 2 aliphatic rings. The van der Waals surface area contributed by atoms with E-state index in [0.717, 1.165) is 37.1 Å². The van der Waals surface area contributed by atoms with E-state index < -0.39 is 0 Å². The molecule has 23 heavy (non-hydrogen) atoms. The van der Waals surface area contributed by atoms with Crippen molar-refractivity contribution in [1.82, 2.24) is 4.90 Å². The van der Waals surface area contributed by atoms with Gasteiger partial charge in [0.15, 0.2) is 11.5 Å². The number of rotatable bonds is 2. The zero-order chi connectivity index (χ0) is 16.0.